The summed E-state index contributed by atoms with van der Waals surface area (Å²) in [4.78, 5) is 26.9. The van der Waals surface area contributed by atoms with Crippen LogP contribution in [0.5, 0.6) is 0 Å². The first kappa shape index (κ1) is 22.3. The van der Waals surface area contributed by atoms with Gasteiger partial charge in [-0.25, -0.2) is 4.79 Å². The molecule has 0 fully saturated rings. The average molecular weight is 466 g/mol. The third-order valence-electron chi connectivity index (χ3n) is 4.39. The fourth-order valence-electron chi connectivity index (χ4n) is 2.94. The molecule has 2 aromatic carbocycles. The summed E-state index contributed by atoms with van der Waals surface area (Å²) in [6.45, 7) is -1.16. The molecule has 3 N–H and O–H groups in total. The number of carbonyl (C=O) groups excluding carboxylic acids is 1. The molecule has 0 saturated carbocycles. The molecule has 0 saturated heterocycles. The van der Waals surface area contributed by atoms with Crippen LogP contribution in [0.2, 0.25) is 10.0 Å². The molecule has 156 valence electrons. The number of aromatic carboxylic acids is 1. The van der Waals surface area contributed by atoms with Crippen LogP contribution in [-0.2, 0) is 0 Å². The summed E-state index contributed by atoms with van der Waals surface area (Å²) in [6.07, 6.45) is 0. The Labute approximate surface area is 186 Å². The maximum Gasteiger partial charge on any atom is 0.348 e. The van der Waals surface area contributed by atoms with Gasteiger partial charge in [-0.1, -0.05) is 53.5 Å². The Morgan fingerprint density at radius 3 is 2.23 bits per heavy atom. The largest absolute Gasteiger partial charge is 0.477 e. The van der Waals surface area contributed by atoms with E-state index < -0.39 is 31.1 Å². The zero-order valence-corrected chi connectivity index (χ0v) is 17.8. The second-order valence-electron chi connectivity index (χ2n) is 6.31. The lowest BCUT2D eigenvalue weighted by Gasteiger charge is -2.29. The number of aliphatic hydroxyl groups is 2. The highest BCUT2D eigenvalue weighted by Gasteiger charge is 2.32. The number of amides is 1. The van der Waals surface area contributed by atoms with Crippen molar-refractivity contribution in [1.29, 1.82) is 0 Å². The van der Waals surface area contributed by atoms with Crippen molar-refractivity contribution >= 4 is 52.1 Å². The van der Waals surface area contributed by atoms with Gasteiger partial charge in [0.15, 0.2) is 0 Å². The molecule has 0 radical (unpaired) electrons. The summed E-state index contributed by atoms with van der Waals surface area (Å²) in [5, 5.41) is 29.7. The predicted molar refractivity (Wildman–Crippen MR) is 118 cm³/mol. The molecule has 3 rings (SSSR count). The second kappa shape index (κ2) is 9.59. The van der Waals surface area contributed by atoms with E-state index in [1.807, 2.05) is 30.3 Å². The predicted octanol–water partition coefficient (Wildman–Crippen LogP) is 4.42. The van der Waals surface area contributed by atoms with Gasteiger partial charge in [0.25, 0.3) is 5.91 Å². The fraction of sp³-hybridized carbons (Fsp3) is 0.143. The number of carbonyl (C=O) groups is 2. The maximum absolute atomic E-state index is 13.3. The molecular formula is C21H17Cl2NO5S. The number of carboxylic acid groups (broad SMARTS) is 1. The van der Waals surface area contributed by atoms with Crippen LogP contribution in [0.1, 0.15) is 20.0 Å². The normalized spacial score (nSPS) is 11.0. The second-order valence-corrected chi connectivity index (χ2v) is 8.21. The van der Waals surface area contributed by atoms with Gasteiger partial charge in [0.05, 0.1) is 35.5 Å². The van der Waals surface area contributed by atoms with Gasteiger partial charge < -0.3 is 15.3 Å². The van der Waals surface area contributed by atoms with Gasteiger partial charge in [-0.2, -0.15) is 0 Å². The van der Waals surface area contributed by atoms with Crippen LogP contribution in [0.3, 0.4) is 0 Å². The molecule has 6 nitrogen and oxygen atoms in total. The lowest BCUT2D eigenvalue weighted by Crippen LogP contribution is -2.45. The van der Waals surface area contributed by atoms with Crippen molar-refractivity contribution < 1.29 is 24.9 Å². The number of anilines is 1. The van der Waals surface area contributed by atoms with E-state index in [1.165, 1.54) is 18.2 Å². The molecule has 0 spiro atoms. The van der Waals surface area contributed by atoms with E-state index in [0.717, 1.165) is 21.8 Å². The van der Waals surface area contributed by atoms with Crippen LogP contribution < -0.4 is 4.90 Å². The molecule has 3 aromatic rings. The lowest BCUT2D eigenvalue weighted by atomic mass is 10.1. The molecule has 0 atom stereocenters. The topological polar surface area (TPSA) is 98.1 Å². The summed E-state index contributed by atoms with van der Waals surface area (Å²) in [5.74, 6) is -1.89. The van der Waals surface area contributed by atoms with Gasteiger partial charge in [-0.3, -0.25) is 9.69 Å². The average Bonchev–Trinajstić information content (AvgIpc) is 3.17. The molecule has 0 unspecified atom stereocenters. The Hall–Kier alpha value is -2.42. The van der Waals surface area contributed by atoms with E-state index >= 15 is 0 Å². The molecule has 9 heteroatoms. The van der Waals surface area contributed by atoms with Crippen molar-refractivity contribution in [3.05, 3.63) is 75.1 Å². The van der Waals surface area contributed by atoms with E-state index in [1.54, 1.807) is 6.07 Å². The van der Waals surface area contributed by atoms with Crippen molar-refractivity contribution in [2.24, 2.45) is 0 Å². The fourth-order valence-corrected chi connectivity index (χ4v) is 4.43. The first-order chi connectivity index (χ1) is 14.4. The summed E-state index contributed by atoms with van der Waals surface area (Å²) < 4.78 is 0. The maximum atomic E-state index is 13.3. The summed E-state index contributed by atoms with van der Waals surface area (Å²) in [7, 11) is 0. The summed E-state index contributed by atoms with van der Waals surface area (Å²) >= 11 is 13.1. The van der Waals surface area contributed by atoms with Crippen LogP contribution in [-0.4, -0.2) is 46.5 Å². The Bertz CT molecular complexity index is 1070. The number of nitrogens with zero attached hydrogens (tertiary/aromatic N) is 1. The number of benzene rings is 2. The minimum absolute atomic E-state index is 0.0652. The lowest BCUT2D eigenvalue weighted by molar-refractivity contribution is 0.0702. The van der Waals surface area contributed by atoms with E-state index in [2.05, 4.69) is 0 Å². The summed E-state index contributed by atoms with van der Waals surface area (Å²) in [6, 6.07) is 13.9. The third-order valence-corrected chi connectivity index (χ3v) is 6.10. The van der Waals surface area contributed by atoms with Crippen LogP contribution >= 0.6 is 34.5 Å². The number of halogens is 2. The number of aliphatic hydroxyl groups excluding tert-OH is 2. The minimum Gasteiger partial charge on any atom is -0.477 e. The van der Waals surface area contributed by atoms with Crippen LogP contribution in [0.4, 0.5) is 5.69 Å². The number of thiophene rings is 1. The zero-order valence-electron chi connectivity index (χ0n) is 15.5. The minimum atomic E-state index is -1.23. The highest BCUT2D eigenvalue weighted by molar-refractivity contribution is 7.18. The Morgan fingerprint density at radius 2 is 1.67 bits per heavy atom. The number of hydrogen-bond acceptors (Lipinski definition) is 5. The Kier molecular flexibility index (Phi) is 7.12. The molecule has 1 heterocycles. The third kappa shape index (κ3) is 4.50. The molecule has 0 bridgehead atoms. The molecule has 0 aliphatic rings. The molecule has 30 heavy (non-hydrogen) atoms. The van der Waals surface area contributed by atoms with E-state index in [9.17, 15) is 24.9 Å². The van der Waals surface area contributed by atoms with Gasteiger partial charge in [0.2, 0.25) is 0 Å². The van der Waals surface area contributed by atoms with E-state index in [4.69, 9.17) is 23.2 Å². The van der Waals surface area contributed by atoms with Crippen molar-refractivity contribution in [3.8, 4) is 10.4 Å². The first-order valence-electron chi connectivity index (χ1n) is 8.80. The van der Waals surface area contributed by atoms with E-state index in [0.29, 0.717) is 9.90 Å². The highest BCUT2D eigenvalue weighted by Crippen LogP contribution is 2.39. The number of hydrogen-bond donors (Lipinski definition) is 3. The standard InChI is InChI=1S/C21H17Cl2NO5S/c22-13-6-7-15(16(23)8-13)20(27)24(14(10-25)11-26)17-9-18(30-19(17)21(28)29)12-4-2-1-3-5-12/h1-9,14,25-26H,10-11H2,(H,28,29). The van der Waals surface area contributed by atoms with Crippen molar-refractivity contribution in [1.82, 2.24) is 0 Å². The van der Waals surface area contributed by atoms with Crippen molar-refractivity contribution in [2.75, 3.05) is 18.1 Å². The molecule has 0 aliphatic heterocycles. The first-order valence-corrected chi connectivity index (χ1v) is 10.4. The van der Waals surface area contributed by atoms with Crippen LogP contribution in [0, 0.1) is 0 Å². The highest BCUT2D eigenvalue weighted by atomic mass is 35.5. The van der Waals surface area contributed by atoms with E-state index in [-0.39, 0.29) is 21.2 Å². The van der Waals surface area contributed by atoms with Gasteiger partial charge in [-0.05, 0) is 29.8 Å². The van der Waals surface area contributed by atoms with Gasteiger partial charge in [0, 0.05) is 9.90 Å². The van der Waals surface area contributed by atoms with Crippen LogP contribution in [0.25, 0.3) is 10.4 Å². The summed E-state index contributed by atoms with van der Waals surface area (Å²) in [5.41, 5.74) is 0.907. The monoisotopic (exact) mass is 465 g/mol. The van der Waals surface area contributed by atoms with Crippen molar-refractivity contribution in [3.63, 3.8) is 0 Å². The Balaban J connectivity index is 2.18. The molecule has 0 aliphatic carbocycles. The molecular weight excluding hydrogens is 449 g/mol. The van der Waals surface area contributed by atoms with Gasteiger partial charge in [0.1, 0.15) is 4.88 Å². The van der Waals surface area contributed by atoms with Gasteiger partial charge in [-0.15, -0.1) is 11.3 Å². The van der Waals surface area contributed by atoms with Crippen molar-refractivity contribution in [2.45, 2.75) is 6.04 Å². The number of carboxylic acids is 1. The van der Waals surface area contributed by atoms with Crippen LogP contribution in [0.15, 0.2) is 54.6 Å². The molecule has 1 aromatic heterocycles. The zero-order chi connectivity index (χ0) is 21.8. The SMILES string of the molecule is O=C(O)c1sc(-c2ccccc2)cc1N(C(=O)c1ccc(Cl)cc1Cl)C(CO)CO. The Morgan fingerprint density at radius 1 is 1.00 bits per heavy atom. The molecule has 1 amide bonds. The quantitative estimate of drug-likeness (QED) is 0.479. The number of rotatable bonds is 7. The smallest absolute Gasteiger partial charge is 0.348 e. The van der Waals surface area contributed by atoms with Gasteiger partial charge >= 0.3 is 5.97 Å².